The fourth-order valence-electron chi connectivity index (χ4n) is 1.37. The molecule has 0 aromatic rings. The molecule has 1 N–H and O–H groups in total. The lowest BCUT2D eigenvalue weighted by molar-refractivity contribution is -0.425. The first-order chi connectivity index (χ1) is 10.3. The molecular weight excluding hydrogens is 370 g/mol. The van der Waals surface area contributed by atoms with E-state index in [4.69, 9.17) is 5.11 Å². The summed E-state index contributed by atoms with van der Waals surface area (Å²) >= 11 is 0. The molecule has 0 aromatic heterocycles. The molecule has 2 unspecified atom stereocenters. The van der Waals surface area contributed by atoms with Crippen LogP contribution in [0.4, 0.5) is 43.9 Å². The molecule has 13 heteroatoms. The van der Waals surface area contributed by atoms with Gasteiger partial charge in [0, 0.05) is 5.57 Å². The summed E-state index contributed by atoms with van der Waals surface area (Å²) in [5.41, 5.74) is -12.8. The number of aliphatic hydroxyl groups is 1. The lowest BCUT2D eigenvalue weighted by atomic mass is 9.82. The molecule has 0 rings (SSSR count). The van der Waals surface area contributed by atoms with E-state index in [0.29, 0.717) is 6.92 Å². The molecule has 0 bridgehead atoms. The standard InChI is InChI=1S/C11H10F10O3/c1-4(2)5(22)24-7(3,10(16,17)18)9(14,15)8(23,6(12)13)11(19,20)21/h6,23H,1H2,2-3H3. The number of hydrogen-bond donors (Lipinski definition) is 1. The van der Waals surface area contributed by atoms with Crippen LogP contribution >= 0.6 is 0 Å². The van der Waals surface area contributed by atoms with Crippen LogP contribution in [0.2, 0.25) is 0 Å². The van der Waals surface area contributed by atoms with E-state index in [-0.39, 0.29) is 0 Å². The summed E-state index contributed by atoms with van der Waals surface area (Å²) in [6.07, 6.45) is -18.7. The van der Waals surface area contributed by atoms with Crippen LogP contribution in [0.5, 0.6) is 0 Å². The van der Waals surface area contributed by atoms with Gasteiger partial charge in [-0.15, -0.1) is 0 Å². The molecule has 0 spiro atoms. The van der Waals surface area contributed by atoms with Crippen LogP contribution in [0.25, 0.3) is 0 Å². The predicted octanol–water partition coefficient (Wildman–Crippen LogP) is 3.62. The lowest BCUT2D eigenvalue weighted by Crippen LogP contribution is -2.75. The molecule has 0 amide bonds. The van der Waals surface area contributed by atoms with Crippen LogP contribution in [-0.2, 0) is 9.53 Å². The zero-order chi connectivity index (χ0) is 19.9. The monoisotopic (exact) mass is 380 g/mol. The molecule has 0 saturated carbocycles. The zero-order valence-electron chi connectivity index (χ0n) is 11.8. The minimum Gasteiger partial charge on any atom is -0.440 e. The average Bonchev–Trinajstić information content (AvgIpc) is 2.33. The van der Waals surface area contributed by atoms with Crippen LogP contribution in [0.15, 0.2) is 12.2 Å². The van der Waals surface area contributed by atoms with Gasteiger partial charge in [0.05, 0.1) is 0 Å². The normalized spacial score (nSPS) is 18.8. The van der Waals surface area contributed by atoms with Crippen molar-refractivity contribution in [1.29, 1.82) is 0 Å². The van der Waals surface area contributed by atoms with Crippen molar-refractivity contribution in [1.82, 2.24) is 0 Å². The van der Waals surface area contributed by atoms with Gasteiger partial charge in [0.25, 0.3) is 17.6 Å². The Bertz CT molecular complexity index is 509. The first-order valence-corrected chi connectivity index (χ1v) is 5.68. The Balaban J connectivity index is 6.58. The van der Waals surface area contributed by atoms with Crippen LogP contribution < -0.4 is 0 Å². The molecule has 0 aliphatic heterocycles. The van der Waals surface area contributed by atoms with Crippen LogP contribution in [0.1, 0.15) is 13.8 Å². The van der Waals surface area contributed by atoms with Gasteiger partial charge in [-0.1, -0.05) is 6.58 Å². The lowest BCUT2D eigenvalue weighted by Gasteiger charge is -2.45. The molecule has 2 atom stereocenters. The highest BCUT2D eigenvalue weighted by Crippen LogP contribution is 2.56. The van der Waals surface area contributed by atoms with E-state index < -0.39 is 54.4 Å². The van der Waals surface area contributed by atoms with E-state index >= 15 is 0 Å². The predicted molar refractivity (Wildman–Crippen MR) is 57.3 cm³/mol. The van der Waals surface area contributed by atoms with Gasteiger partial charge in [0.1, 0.15) is 0 Å². The van der Waals surface area contributed by atoms with E-state index in [1.165, 1.54) is 0 Å². The maximum atomic E-state index is 13.9. The molecule has 142 valence electrons. The summed E-state index contributed by atoms with van der Waals surface area (Å²) in [6.45, 7) is 2.63. The van der Waals surface area contributed by atoms with Gasteiger partial charge in [0.2, 0.25) is 0 Å². The second-order valence-corrected chi connectivity index (χ2v) is 4.84. The highest BCUT2D eigenvalue weighted by molar-refractivity contribution is 5.87. The van der Waals surface area contributed by atoms with E-state index in [0.717, 1.165) is 0 Å². The smallest absolute Gasteiger partial charge is 0.434 e. The van der Waals surface area contributed by atoms with E-state index in [2.05, 4.69) is 11.3 Å². The topological polar surface area (TPSA) is 46.5 Å². The summed E-state index contributed by atoms with van der Waals surface area (Å²) in [5, 5.41) is 8.76. The molecule has 0 aliphatic rings. The molecule has 0 fully saturated rings. The minimum atomic E-state index is -6.90. The fraction of sp³-hybridized carbons (Fsp3) is 0.727. The van der Waals surface area contributed by atoms with Gasteiger partial charge in [-0.25, -0.2) is 13.6 Å². The molecule has 0 heterocycles. The number of carbonyl (C=O) groups excluding carboxylic acids is 1. The quantitative estimate of drug-likeness (QED) is 0.450. The minimum absolute atomic E-state index is 0.667. The fourth-order valence-corrected chi connectivity index (χ4v) is 1.37. The van der Waals surface area contributed by atoms with Crippen molar-refractivity contribution in [3.05, 3.63) is 12.2 Å². The molecule has 24 heavy (non-hydrogen) atoms. The molecule has 0 saturated heterocycles. The highest BCUT2D eigenvalue weighted by atomic mass is 19.4. The maximum Gasteiger partial charge on any atom is 0.434 e. The van der Waals surface area contributed by atoms with Crippen molar-refractivity contribution in [3.8, 4) is 0 Å². The summed E-state index contributed by atoms with van der Waals surface area (Å²) in [7, 11) is 0. The Morgan fingerprint density at radius 1 is 1.00 bits per heavy atom. The average molecular weight is 380 g/mol. The van der Waals surface area contributed by atoms with Gasteiger partial charge in [0.15, 0.2) is 0 Å². The molecule has 0 aliphatic carbocycles. The second kappa shape index (κ2) is 6.08. The van der Waals surface area contributed by atoms with Crippen molar-refractivity contribution >= 4 is 5.97 Å². The SMILES string of the molecule is C=C(C)C(=O)OC(C)(C(F)(F)F)C(F)(F)C(O)(C(F)F)C(F)(F)F. The molecule has 0 aromatic carbocycles. The van der Waals surface area contributed by atoms with Gasteiger partial charge in [-0.05, 0) is 13.8 Å². The Kier molecular flexibility index (Phi) is 5.69. The van der Waals surface area contributed by atoms with Crippen molar-refractivity contribution in [3.63, 3.8) is 0 Å². The van der Waals surface area contributed by atoms with E-state index in [1.54, 1.807) is 0 Å². The van der Waals surface area contributed by atoms with Gasteiger partial charge < -0.3 is 9.84 Å². The van der Waals surface area contributed by atoms with Crippen LogP contribution in [0.3, 0.4) is 0 Å². The first-order valence-electron chi connectivity index (χ1n) is 5.68. The zero-order valence-corrected chi connectivity index (χ0v) is 11.8. The number of carbonyl (C=O) groups is 1. The highest BCUT2D eigenvalue weighted by Gasteiger charge is 2.86. The number of esters is 1. The Morgan fingerprint density at radius 2 is 1.38 bits per heavy atom. The third-order valence-electron chi connectivity index (χ3n) is 3.01. The largest absolute Gasteiger partial charge is 0.440 e. The van der Waals surface area contributed by atoms with E-state index in [9.17, 15) is 48.7 Å². The molecular formula is C11H10F10O3. The second-order valence-electron chi connectivity index (χ2n) is 4.84. The number of ether oxygens (including phenoxy) is 1. The van der Waals surface area contributed by atoms with Gasteiger partial charge >= 0.3 is 24.2 Å². The van der Waals surface area contributed by atoms with Crippen LogP contribution in [0, 0.1) is 0 Å². The summed E-state index contributed by atoms with van der Waals surface area (Å²) in [4.78, 5) is 11.1. The Morgan fingerprint density at radius 3 is 1.58 bits per heavy atom. The number of rotatable bonds is 5. The van der Waals surface area contributed by atoms with E-state index in [1.807, 2.05) is 0 Å². The van der Waals surface area contributed by atoms with Crippen molar-refractivity contribution < 1.29 is 58.5 Å². The van der Waals surface area contributed by atoms with Crippen molar-refractivity contribution in [2.24, 2.45) is 0 Å². The number of hydrogen-bond acceptors (Lipinski definition) is 3. The van der Waals surface area contributed by atoms with Crippen molar-refractivity contribution in [2.45, 2.75) is 49.8 Å². The summed E-state index contributed by atoms with van der Waals surface area (Å²) in [6, 6.07) is 0. The summed E-state index contributed by atoms with van der Waals surface area (Å²) in [5.74, 6) is -8.94. The Hall–Kier alpha value is -1.53. The van der Waals surface area contributed by atoms with Crippen LogP contribution in [-0.4, -0.2) is 47.0 Å². The molecule has 0 radical (unpaired) electrons. The first kappa shape index (κ1) is 22.5. The number of halogens is 10. The third kappa shape index (κ3) is 3.17. The van der Waals surface area contributed by atoms with Crippen molar-refractivity contribution in [2.75, 3.05) is 0 Å². The van der Waals surface area contributed by atoms with Gasteiger partial charge in [-0.2, -0.15) is 35.1 Å². The van der Waals surface area contributed by atoms with Gasteiger partial charge in [-0.3, -0.25) is 0 Å². The Labute approximate surface area is 127 Å². The maximum absolute atomic E-state index is 13.9. The summed E-state index contributed by atoms with van der Waals surface area (Å²) < 4.78 is 132. The molecule has 3 nitrogen and oxygen atoms in total. The number of alkyl halides is 10. The third-order valence-corrected chi connectivity index (χ3v) is 3.01.